The van der Waals surface area contributed by atoms with Gasteiger partial charge in [0, 0.05) is 5.92 Å². The van der Waals surface area contributed by atoms with Gasteiger partial charge in [0.1, 0.15) is 5.76 Å². The number of allylic oxidation sites excluding steroid dienone is 1. The second-order valence-corrected chi connectivity index (χ2v) is 17.8. The minimum atomic E-state index is -1.69. The van der Waals surface area contributed by atoms with Gasteiger partial charge >= 0.3 is 0 Å². The van der Waals surface area contributed by atoms with Crippen molar-refractivity contribution < 1.29 is 8.85 Å². The summed E-state index contributed by atoms with van der Waals surface area (Å²) in [6, 6.07) is 0.216. The molecule has 5 heteroatoms. The van der Waals surface area contributed by atoms with Gasteiger partial charge in [-0.05, 0) is 43.8 Å². The van der Waals surface area contributed by atoms with E-state index in [4.69, 9.17) is 8.85 Å². The molecule has 21 heavy (non-hydrogen) atoms. The van der Waals surface area contributed by atoms with Crippen LogP contribution >= 0.6 is 0 Å². The van der Waals surface area contributed by atoms with Crippen molar-refractivity contribution in [1.29, 1.82) is 0 Å². The van der Waals surface area contributed by atoms with Gasteiger partial charge in [-0.2, -0.15) is 0 Å². The molecule has 3 nitrogen and oxygen atoms in total. The summed E-state index contributed by atoms with van der Waals surface area (Å²) in [4.78, 5) is 4.66. The minimum Gasteiger partial charge on any atom is -0.544 e. The van der Waals surface area contributed by atoms with E-state index in [1.807, 2.05) is 6.21 Å². The highest BCUT2D eigenvalue weighted by Gasteiger charge is 2.38. The lowest BCUT2D eigenvalue weighted by atomic mass is 10.0. The van der Waals surface area contributed by atoms with Crippen molar-refractivity contribution in [3.8, 4) is 0 Å². The maximum Gasteiger partial charge on any atom is 0.242 e. The molecular weight excluding hydrogens is 294 g/mol. The highest BCUT2D eigenvalue weighted by molar-refractivity contribution is 6.74. The zero-order valence-corrected chi connectivity index (χ0v) is 17.3. The summed E-state index contributed by atoms with van der Waals surface area (Å²) in [7, 11) is -3.25. The molecule has 1 aliphatic rings. The van der Waals surface area contributed by atoms with Gasteiger partial charge < -0.3 is 8.85 Å². The lowest BCUT2D eigenvalue weighted by Gasteiger charge is -2.37. The van der Waals surface area contributed by atoms with Gasteiger partial charge in [0.05, 0.1) is 18.9 Å². The first-order valence-corrected chi connectivity index (χ1v) is 14.2. The first kappa shape index (κ1) is 18.7. The summed E-state index contributed by atoms with van der Waals surface area (Å²) >= 11 is 0. The Balaban J connectivity index is 2.61. The number of hydrogen-bond acceptors (Lipinski definition) is 3. The summed E-state index contributed by atoms with van der Waals surface area (Å²) in [5, 5.41) is 0.247. The maximum absolute atomic E-state index is 6.30. The third-order valence-corrected chi connectivity index (χ3v) is 9.62. The van der Waals surface area contributed by atoms with E-state index in [9.17, 15) is 0 Å². The molecule has 1 aliphatic heterocycles. The summed E-state index contributed by atoms with van der Waals surface area (Å²) in [5.74, 6) is 1.30. The summed E-state index contributed by atoms with van der Waals surface area (Å²) in [6.45, 7) is 20.9. The molecule has 122 valence electrons. The maximum atomic E-state index is 6.30. The molecule has 1 rings (SSSR count). The van der Waals surface area contributed by atoms with Gasteiger partial charge in [-0.1, -0.05) is 27.7 Å². The number of rotatable bonds is 5. The highest BCUT2D eigenvalue weighted by Crippen LogP contribution is 2.37. The third kappa shape index (κ3) is 5.71. The van der Waals surface area contributed by atoms with Gasteiger partial charge in [0.2, 0.25) is 8.32 Å². The molecule has 0 saturated heterocycles. The van der Waals surface area contributed by atoms with E-state index in [1.165, 1.54) is 0 Å². The number of dihydropyridines is 1. The molecule has 0 aromatic carbocycles. The topological polar surface area (TPSA) is 30.8 Å². The Morgan fingerprint density at radius 2 is 1.71 bits per heavy atom. The Kier molecular flexibility index (Phi) is 5.67. The molecule has 0 aromatic rings. The van der Waals surface area contributed by atoms with Crippen LogP contribution in [0.15, 0.2) is 16.8 Å². The van der Waals surface area contributed by atoms with Crippen LogP contribution in [0.2, 0.25) is 37.8 Å². The van der Waals surface area contributed by atoms with Crippen molar-refractivity contribution in [2.75, 3.05) is 6.61 Å². The summed E-state index contributed by atoms with van der Waals surface area (Å²) in [6.07, 6.45) is 4.09. The van der Waals surface area contributed by atoms with E-state index < -0.39 is 16.6 Å². The SMILES string of the molecule is CC1C=C(O[Si](C)(C)C)C=NC1CO[Si](C)(C)C(C)(C)C. The molecule has 0 N–H and O–H groups in total. The van der Waals surface area contributed by atoms with Crippen LogP contribution in [0, 0.1) is 5.92 Å². The molecule has 0 bridgehead atoms. The van der Waals surface area contributed by atoms with Crippen molar-refractivity contribution in [1.82, 2.24) is 0 Å². The van der Waals surface area contributed by atoms with E-state index in [2.05, 4.69) is 71.5 Å². The first-order valence-electron chi connectivity index (χ1n) is 7.90. The molecule has 2 unspecified atom stereocenters. The molecule has 2 atom stereocenters. The second-order valence-electron chi connectivity index (χ2n) is 8.56. The van der Waals surface area contributed by atoms with Crippen molar-refractivity contribution in [3.63, 3.8) is 0 Å². The first-order chi connectivity index (χ1) is 9.32. The van der Waals surface area contributed by atoms with Gasteiger partial charge in [-0.3, -0.25) is 4.99 Å². The average Bonchev–Trinajstić information content (AvgIpc) is 2.24. The summed E-state index contributed by atoms with van der Waals surface area (Å²) in [5.41, 5.74) is 0. The van der Waals surface area contributed by atoms with Crippen LogP contribution in [-0.2, 0) is 8.85 Å². The van der Waals surface area contributed by atoms with Crippen molar-refractivity contribution in [2.24, 2.45) is 10.9 Å². The summed E-state index contributed by atoms with van der Waals surface area (Å²) < 4.78 is 12.3. The Morgan fingerprint density at radius 3 is 2.14 bits per heavy atom. The van der Waals surface area contributed by atoms with Crippen molar-refractivity contribution in [2.45, 2.75) is 71.5 Å². The largest absolute Gasteiger partial charge is 0.544 e. The quantitative estimate of drug-likeness (QED) is 0.677. The molecule has 0 aliphatic carbocycles. The average molecular weight is 328 g/mol. The number of nitrogens with zero attached hydrogens (tertiary/aromatic N) is 1. The fourth-order valence-electron chi connectivity index (χ4n) is 1.84. The molecule has 0 amide bonds. The van der Waals surface area contributed by atoms with E-state index in [-0.39, 0.29) is 11.1 Å². The Hall–Kier alpha value is -0.396. The zero-order valence-electron chi connectivity index (χ0n) is 15.3. The molecular formula is C16H33NO2Si2. The molecule has 1 heterocycles. The van der Waals surface area contributed by atoms with Crippen molar-refractivity contribution in [3.05, 3.63) is 11.8 Å². The fraction of sp³-hybridized carbons (Fsp3) is 0.812. The highest BCUT2D eigenvalue weighted by atomic mass is 28.4. The van der Waals surface area contributed by atoms with Gasteiger partial charge in [-0.15, -0.1) is 0 Å². The minimum absolute atomic E-state index is 0.216. The third-order valence-electron chi connectivity index (χ3n) is 4.27. The Morgan fingerprint density at radius 1 is 1.14 bits per heavy atom. The Labute approximate surface area is 133 Å². The second kappa shape index (κ2) is 6.38. The monoisotopic (exact) mass is 327 g/mol. The zero-order chi connectivity index (χ0) is 16.5. The van der Waals surface area contributed by atoms with Crippen LogP contribution in [0.1, 0.15) is 27.7 Å². The Bertz CT molecular complexity index is 417. The molecule has 0 aromatic heterocycles. The molecule has 0 fully saturated rings. The standard InChI is InChI=1S/C16H33NO2Si2/c1-13-10-14(19-20(5,6)7)11-17-15(13)12-18-21(8,9)16(2,3)4/h10-11,13,15H,12H2,1-9H3. The molecule has 0 saturated carbocycles. The number of hydrogen-bond donors (Lipinski definition) is 0. The predicted octanol–water partition coefficient (Wildman–Crippen LogP) is 4.83. The molecule has 0 radical (unpaired) electrons. The van der Waals surface area contributed by atoms with Crippen LogP contribution < -0.4 is 0 Å². The van der Waals surface area contributed by atoms with Crippen LogP contribution in [-0.4, -0.2) is 35.5 Å². The van der Waals surface area contributed by atoms with Crippen LogP contribution in [0.25, 0.3) is 0 Å². The lowest BCUT2D eigenvalue weighted by Crippen LogP contribution is -2.43. The smallest absolute Gasteiger partial charge is 0.242 e. The van der Waals surface area contributed by atoms with Crippen LogP contribution in [0.4, 0.5) is 0 Å². The fourth-order valence-corrected chi connectivity index (χ4v) is 3.69. The van der Waals surface area contributed by atoms with E-state index in [1.54, 1.807) is 0 Å². The van der Waals surface area contributed by atoms with Gasteiger partial charge in [0.15, 0.2) is 8.32 Å². The number of aliphatic imine (C=N–C) groups is 1. The van der Waals surface area contributed by atoms with E-state index in [0.29, 0.717) is 12.5 Å². The van der Waals surface area contributed by atoms with Crippen LogP contribution in [0.5, 0.6) is 0 Å². The molecule has 0 spiro atoms. The van der Waals surface area contributed by atoms with E-state index in [0.717, 1.165) is 5.76 Å². The van der Waals surface area contributed by atoms with Crippen LogP contribution in [0.3, 0.4) is 0 Å². The van der Waals surface area contributed by atoms with Gasteiger partial charge in [0.25, 0.3) is 0 Å². The van der Waals surface area contributed by atoms with Gasteiger partial charge in [-0.25, -0.2) is 0 Å². The van der Waals surface area contributed by atoms with E-state index >= 15 is 0 Å². The van der Waals surface area contributed by atoms with Crippen molar-refractivity contribution >= 4 is 22.8 Å². The lowest BCUT2D eigenvalue weighted by molar-refractivity contribution is 0.244. The normalized spacial score (nSPS) is 24.0. The predicted molar refractivity (Wildman–Crippen MR) is 97.1 cm³/mol.